The third-order valence-corrected chi connectivity index (χ3v) is 5.33. The summed E-state index contributed by atoms with van der Waals surface area (Å²) in [4.78, 5) is 13.0. The zero-order valence-electron chi connectivity index (χ0n) is 14.2. The van der Waals surface area contributed by atoms with Gasteiger partial charge in [-0.25, -0.2) is 5.43 Å². The molecule has 6 heteroatoms. The molecule has 1 amide bonds. The van der Waals surface area contributed by atoms with Crippen LogP contribution < -0.4 is 10.2 Å². The molecule has 2 rings (SSSR count). The Morgan fingerprint density at radius 1 is 1.42 bits per heavy atom. The van der Waals surface area contributed by atoms with Crippen LogP contribution in [0.5, 0.6) is 5.75 Å². The first-order chi connectivity index (χ1) is 11.4. The molecular weight excluding hydrogens is 388 g/mol. The van der Waals surface area contributed by atoms with Crippen molar-refractivity contribution in [3.8, 4) is 5.75 Å². The van der Waals surface area contributed by atoms with Crippen LogP contribution >= 0.6 is 27.3 Å². The van der Waals surface area contributed by atoms with Crippen LogP contribution in [0.4, 0.5) is 0 Å². The van der Waals surface area contributed by atoms with Gasteiger partial charge in [0.1, 0.15) is 5.75 Å². The van der Waals surface area contributed by atoms with E-state index < -0.39 is 0 Å². The molecule has 24 heavy (non-hydrogen) atoms. The molecule has 1 heterocycles. The standard InChI is InChI=1S/C18H21BrN2O2S/c1-11(2)14-9-15(19)12(3)8-16(14)23-10-18(22)21-20-13(4)17-6-5-7-24-17/h5-9,11H,10H2,1-4H3,(H,21,22)/b20-13-. The number of halogens is 1. The van der Waals surface area contributed by atoms with Crippen LogP contribution in [0.3, 0.4) is 0 Å². The molecule has 0 unspecified atom stereocenters. The number of aryl methyl sites for hydroxylation is 1. The average molecular weight is 409 g/mol. The molecule has 0 aliphatic rings. The number of thiophene rings is 1. The van der Waals surface area contributed by atoms with Crippen molar-refractivity contribution < 1.29 is 9.53 Å². The van der Waals surface area contributed by atoms with E-state index in [1.165, 1.54) is 0 Å². The monoisotopic (exact) mass is 408 g/mol. The van der Waals surface area contributed by atoms with Crippen molar-refractivity contribution in [1.82, 2.24) is 5.43 Å². The van der Waals surface area contributed by atoms with Crippen molar-refractivity contribution in [2.75, 3.05) is 6.61 Å². The molecule has 0 atom stereocenters. The number of hydrogen-bond donors (Lipinski definition) is 1. The number of nitrogens with zero attached hydrogens (tertiary/aromatic N) is 1. The van der Waals surface area contributed by atoms with Gasteiger partial charge in [0.15, 0.2) is 6.61 Å². The maximum atomic E-state index is 12.0. The number of amides is 1. The molecule has 1 aromatic heterocycles. The predicted octanol–water partition coefficient (Wildman–Crippen LogP) is 4.86. The number of hydrogen-bond acceptors (Lipinski definition) is 4. The van der Waals surface area contributed by atoms with E-state index in [2.05, 4.69) is 40.3 Å². The molecule has 0 aliphatic heterocycles. The average Bonchev–Trinajstić information content (AvgIpc) is 3.07. The minimum atomic E-state index is -0.277. The van der Waals surface area contributed by atoms with Crippen LogP contribution in [-0.4, -0.2) is 18.2 Å². The summed E-state index contributed by atoms with van der Waals surface area (Å²) in [5.74, 6) is 0.764. The first-order valence-electron chi connectivity index (χ1n) is 7.68. The van der Waals surface area contributed by atoms with Gasteiger partial charge in [-0.15, -0.1) is 11.3 Å². The Morgan fingerprint density at radius 3 is 2.79 bits per heavy atom. The van der Waals surface area contributed by atoms with E-state index in [1.54, 1.807) is 11.3 Å². The van der Waals surface area contributed by atoms with E-state index >= 15 is 0 Å². The lowest BCUT2D eigenvalue weighted by molar-refractivity contribution is -0.123. The lowest BCUT2D eigenvalue weighted by Crippen LogP contribution is -2.25. The topological polar surface area (TPSA) is 50.7 Å². The zero-order valence-corrected chi connectivity index (χ0v) is 16.6. The van der Waals surface area contributed by atoms with Gasteiger partial charge in [0.25, 0.3) is 5.91 Å². The van der Waals surface area contributed by atoms with Crippen molar-refractivity contribution in [3.05, 3.63) is 50.1 Å². The van der Waals surface area contributed by atoms with Gasteiger partial charge in [-0.3, -0.25) is 4.79 Å². The number of carbonyl (C=O) groups is 1. The van der Waals surface area contributed by atoms with Crippen LogP contribution in [0.2, 0.25) is 0 Å². The van der Waals surface area contributed by atoms with Gasteiger partial charge in [-0.05, 0) is 54.5 Å². The van der Waals surface area contributed by atoms with Crippen LogP contribution in [0, 0.1) is 6.92 Å². The maximum Gasteiger partial charge on any atom is 0.277 e. The summed E-state index contributed by atoms with van der Waals surface area (Å²) in [6.45, 7) is 7.98. The summed E-state index contributed by atoms with van der Waals surface area (Å²) < 4.78 is 6.76. The fourth-order valence-electron chi connectivity index (χ4n) is 2.11. The summed E-state index contributed by atoms with van der Waals surface area (Å²) in [6, 6.07) is 7.91. The van der Waals surface area contributed by atoms with E-state index in [1.807, 2.05) is 43.5 Å². The molecule has 0 saturated carbocycles. The number of rotatable bonds is 6. The van der Waals surface area contributed by atoms with Crippen molar-refractivity contribution in [3.63, 3.8) is 0 Å². The lowest BCUT2D eigenvalue weighted by atomic mass is 10.0. The van der Waals surface area contributed by atoms with Crippen molar-refractivity contribution in [2.24, 2.45) is 5.10 Å². The highest BCUT2D eigenvalue weighted by atomic mass is 79.9. The lowest BCUT2D eigenvalue weighted by Gasteiger charge is -2.15. The quantitative estimate of drug-likeness (QED) is 0.547. The third-order valence-electron chi connectivity index (χ3n) is 3.50. The van der Waals surface area contributed by atoms with Crippen LogP contribution in [0.15, 0.2) is 39.2 Å². The van der Waals surface area contributed by atoms with Crippen LogP contribution in [0.25, 0.3) is 0 Å². The van der Waals surface area contributed by atoms with Gasteiger partial charge >= 0.3 is 0 Å². The molecule has 2 aromatic rings. The van der Waals surface area contributed by atoms with Gasteiger partial charge < -0.3 is 4.74 Å². The van der Waals surface area contributed by atoms with E-state index in [0.29, 0.717) is 5.92 Å². The Kier molecular flexibility index (Phi) is 6.57. The Balaban J connectivity index is 1.99. The van der Waals surface area contributed by atoms with Crippen molar-refractivity contribution in [2.45, 2.75) is 33.6 Å². The number of ether oxygens (including phenoxy) is 1. The molecule has 0 bridgehead atoms. The molecule has 1 N–H and O–H groups in total. The number of carbonyl (C=O) groups excluding carboxylic acids is 1. The fourth-order valence-corrected chi connectivity index (χ4v) is 3.15. The predicted molar refractivity (Wildman–Crippen MR) is 103 cm³/mol. The summed E-state index contributed by atoms with van der Waals surface area (Å²) in [7, 11) is 0. The maximum absolute atomic E-state index is 12.0. The second-order valence-electron chi connectivity index (χ2n) is 5.79. The highest BCUT2D eigenvalue weighted by Crippen LogP contribution is 2.32. The van der Waals surface area contributed by atoms with Crippen LogP contribution in [-0.2, 0) is 4.79 Å². The minimum Gasteiger partial charge on any atom is -0.483 e. The first-order valence-corrected chi connectivity index (χ1v) is 9.35. The molecule has 0 radical (unpaired) electrons. The molecule has 128 valence electrons. The van der Waals surface area contributed by atoms with Gasteiger partial charge in [-0.2, -0.15) is 5.10 Å². The molecule has 0 saturated heterocycles. The van der Waals surface area contributed by atoms with Gasteiger partial charge in [0.05, 0.1) is 5.71 Å². The summed E-state index contributed by atoms with van der Waals surface area (Å²) >= 11 is 5.12. The third kappa shape index (κ3) is 4.92. The number of nitrogens with one attached hydrogen (secondary N) is 1. The van der Waals surface area contributed by atoms with Gasteiger partial charge in [0.2, 0.25) is 0 Å². The highest BCUT2D eigenvalue weighted by Gasteiger charge is 2.12. The summed E-state index contributed by atoms with van der Waals surface area (Å²) in [5, 5.41) is 6.08. The molecule has 0 aliphatic carbocycles. The smallest absolute Gasteiger partial charge is 0.277 e. The second-order valence-corrected chi connectivity index (χ2v) is 7.59. The summed E-state index contributed by atoms with van der Waals surface area (Å²) in [6.07, 6.45) is 0. The first kappa shape index (κ1) is 18.7. The van der Waals surface area contributed by atoms with E-state index in [0.717, 1.165) is 31.9 Å². The Morgan fingerprint density at radius 2 is 2.17 bits per heavy atom. The Bertz CT molecular complexity index is 740. The Hall–Kier alpha value is -1.66. The van der Waals surface area contributed by atoms with Gasteiger partial charge in [0, 0.05) is 9.35 Å². The normalized spacial score (nSPS) is 11.7. The zero-order chi connectivity index (χ0) is 17.7. The van der Waals surface area contributed by atoms with Gasteiger partial charge in [-0.1, -0.05) is 35.8 Å². The largest absolute Gasteiger partial charge is 0.483 e. The second kappa shape index (κ2) is 8.44. The Labute approximate surface area is 155 Å². The highest BCUT2D eigenvalue weighted by molar-refractivity contribution is 9.10. The molecule has 1 aromatic carbocycles. The van der Waals surface area contributed by atoms with E-state index in [-0.39, 0.29) is 12.5 Å². The fraction of sp³-hybridized carbons (Fsp3) is 0.333. The molecule has 0 fully saturated rings. The molecule has 4 nitrogen and oxygen atoms in total. The SMILES string of the molecule is C/C(=N/NC(=O)COc1cc(C)c(Br)cc1C(C)C)c1cccs1. The van der Waals surface area contributed by atoms with Crippen molar-refractivity contribution >= 4 is 38.9 Å². The minimum absolute atomic E-state index is 0.0674. The number of hydrazone groups is 1. The molecule has 0 spiro atoms. The van der Waals surface area contributed by atoms with Crippen molar-refractivity contribution in [1.29, 1.82) is 0 Å². The number of benzene rings is 1. The van der Waals surface area contributed by atoms with E-state index in [4.69, 9.17) is 4.74 Å². The molecular formula is C18H21BrN2O2S. The van der Waals surface area contributed by atoms with E-state index in [9.17, 15) is 4.79 Å². The summed E-state index contributed by atoms with van der Waals surface area (Å²) in [5.41, 5.74) is 5.45. The van der Waals surface area contributed by atoms with Crippen LogP contribution in [0.1, 0.15) is 42.7 Å².